The lowest BCUT2D eigenvalue weighted by Crippen LogP contribution is -2.19. The maximum Gasteiger partial charge on any atom is 0.280 e. The topological polar surface area (TPSA) is 29.9 Å². The van der Waals surface area contributed by atoms with Crippen molar-refractivity contribution in [1.29, 1.82) is 0 Å². The van der Waals surface area contributed by atoms with Gasteiger partial charge < -0.3 is 5.32 Å². The third kappa shape index (κ3) is 3.64. The Labute approximate surface area is 121 Å². The quantitative estimate of drug-likeness (QED) is 0.881. The number of para-hydroxylation sites is 1. The molecule has 0 amide bonds. The van der Waals surface area contributed by atoms with Gasteiger partial charge in [-0.3, -0.25) is 0 Å². The molecule has 2 aromatic rings. The van der Waals surface area contributed by atoms with Crippen LogP contribution in [0.4, 0.5) is 13.2 Å². The van der Waals surface area contributed by atoms with Gasteiger partial charge in [0, 0.05) is 12.1 Å². The molecule has 6 heteroatoms. The van der Waals surface area contributed by atoms with E-state index < -0.39 is 12.2 Å². The first-order chi connectivity index (χ1) is 10.0. The van der Waals surface area contributed by atoms with Crippen LogP contribution in [0.5, 0.6) is 0 Å². The molecule has 0 bridgehead atoms. The Hall–Kier alpha value is -1.82. The second-order valence-corrected chi connectivity index (χ2v) is 5.24. The highest BCUT2D eigenvalue weighted by Gasteiger charge is 2.22. The zero-order chi connectivity index (χ0) is 15.4. The molecule has 1 aromatic carbocycles. The number of rotatable bonds is 6. The second kappa shape index (κ2) is 6.76. The van der Waals surface area contributed by atoms with E-state index in [1.807, 2.05) is 13.8 Å². The first-order valence-corrected chi connectivity index (χ1v) is 6.81. The average Bonchev–Trinajstić information content (AvgIpc) is 2.82. The molecule has 1 N–H and O–H groups in total. The summed E-state index contributed by atoms with van der Waals surface area (Å²) in [5.74, 6) is -0.161. The number of hydrogen-bond acceptors (Lipinski definition) is 2. The maximum absolute atomic E-state index is 13.8. The highest BCUT2D eigenvalue weighted by molar-refractivity contribution is 5.36. The Kier molecular flexibility index (Phi) is 5.01. The molecule has 0 spiro atoms. The highest BCUT2D eigenvalue weighted by Crippen LogP contribution is 2.26. The zero-order valence-corrected chi connectivity index (χ0v) is 12.0. The minimum Gasteiger partial charge on any atom is -0.312 e. The fourth-order valence-electron chi connectivity index (χ4n) is 2.07. The molecule has 0 saturated carbocycles. The van der Waals surface area contributed by atoms with E-state index >= 15 is 0 Å². The third-order valence-electron chi connectivity index (χ3n) is 3.04. The van der Waals surface area contributed by atoms with Crippen molar-refractivity contribution in [3.63, 3.8) is 0 Å². The van der Waals surface area contributed by atoms with E-state index in [0.29, 0.717) is 18.0 Å². The van der Waals surface area contributed by atoms with Crippen molar-refractivity contribution in [2.75, 3.05) is 6.54 Å². The van der Waals surface area contributed by atoms with Gasteiger partial charge >= 0.3 is 0 Å². The predicted molar refractivity (Wildman–Crippen MR) is 75.0 cm³/mol. The first kappa shape index (κ1) is 15.6. The number of halogens is 3. The number of nitrogens with zero attached hydrogens (tertiary/aromatic N) is 2. The van der Waals surface area contributed by atoms with Gasteiger partial charge in [-0.2, -0.15) is 5.10 Å². The van der Waals surface area contributed by atoms with Gasteiger partial charge in [-0.15, -0.1) is 0 Å². The van der Waals surface area contributed by atoms with Crippen LogP contribution in [0.25, 0.3) is 5.69 Å². The minimum atomic E-state index is -2.72. The summed E-state index contributed by atoms with van der Waals surface area (Å²) in [6.45, 7) is 5.06. The van der Waals surface area contributed by atoms with E-state index in [0.717, 1.165) is 4.68 Å². The third-order valence-corrected chi connectivity index (χ3v) is 3.04. The zero-order valence-electron chi connectivity index (χ0n) is 12.0. The Morgan fingerprint density at radius 2 is 1.95 bits per heavy atom. The van der Waals surface area contributed by atoms with Crippen molar-refractivity contribution >= 4 is 0 Å². The molecule has 21 heavy (non-hydrogen) atoms. The van der Waals surface area contributed by atoms with Crippen LogP contribution in [0.15, 0.2) is 30.5 Å². The van der Waals surface area contributed by atoms with E-state index in [-0.39, 0.29) is 17.9 Å². The van der Waals surface area contributed by atoms with Crippen molar-refractivity contribution in [3.8, 4) is 5.69 Å². The summed E-state index contributed by atoms with van der Waals surface area (Å²) in [6, 6.07) is 5.75. The second-order valence-electron chi connectivity index (χ2n) is 5.24. The molecular weight excluding hydrogens is 279 g/mol. The van der Waals surface area contributed by atoms with Gasteiger partial charge in [-0.1, -0.05) is 26.0 Å². The maximum atomic E-state index is 13.8. The number of hydrogen-bond donors (Lipinski definition) is 1. The Balaban J connectivity index is 2.31. The molecule has 3 nitrogen and oxygen atoms in total. The van der Waals surface area contributed by atoms with E-state index in [9.17, 15) is 13.2 Å². The van der Waals surface area contributed by atoms with Crippen LogP contribution in [0.2, 0.25) is 0 Å². The van der Waals surface area contributed by atoms with Crippen LogP contribution in [-0.4, -0.2) is 16.3 Å². The van der Waals surface area contributed by atoms with Crippen LogP contribution >= 0.6 is 0 Å². The summed E-state index contributed by atoms with van der Waals surface area (Å²) in [6.07, 6.45) is -1.36. The van der Waals surface area contributed by atoms with Gasteiger partial charge in [0.1, 0.15) is 17.2 Å². The molecule has 1 heterocycles. The molecule has 2 rings (SSSR count). The van der Waals surface area contributed by atoms with Crippen molar-refractivity contribution < 1.29 is 13.2 Å². The number of nitrogens with one attached hydrogen (secondary N) is 1. The molecular formula is C15H18F3N3. The first-order valence-electron chi connectivity index (χ1n) is 6.81. The highest BCUT2D eigenvalue weighted by atomic mass is 19.3. The Bertz CT molecular complexity index is 594. The van der Waals surface area contributed by atoms with Crippen molar-refractivity contribution in [2.24, 2.45) is 5.92 Å². The SMILES string of the molecule is CC(C)CNCc1cnn(-c2ccccc2F)c1C(F)F. The number of aromatic nitrogens is 2. The van der Waals surface area contributed by atoms with Crippen LogP contribution in [0, 0.1) is 11.7 Å². The summed E-state index contributed by atoms with van der Waals surface area (Å²) < 4.78 is 41.4. The predicted octanol–water partition coefficient (Wildman–Crippen LogP) is 3.69. The van der Waals surface area contributed by atoms with Crippen LogP contribution in [0.1, 0.15) is 31.5 Å². The van der Waals surface area contributed by atoms with E-state index in [4.69, 9.17) is 0 Å². The van der Waals surface area contributed by atoms with E-state index in [1.54, 1.807) is 6.07 Å². The summed E-state index contributed by atoms with van der Waals surface area (Å²) in [5.41, 5.74) is 0.146. The molecule has 114 valence electrons. The van der Waals surface area contributed by atoms with Gasteiger partial charge in [0.2, 0.25) is 0 Å². The van der Waals surface area contributed by atoms with Gasteiger partial charge in [0.25, 0.3) is 6.43 Å². The summed E-state index contributed by atoms with van der Waals surface area (Å²) in [7, 11) is 0. The van der Waals surface area contributed by atoms with Gasteiger partial charge in [0.15, 0.2) is 0 Å². The number of alkyl halides is 2. The molecule has 0 unspecified atom stereocenters. The summed E-state index contributed by atoms with van der Waals surface area (Å²) in [5, 5.41) is 7.02. The van der Waals surface area contributed by atoms with Gasteiger partial charge in [0.05, 0.1) is 6.20 Å². The molecule has 0 aliphatic rings. The Morgan fingerprint density at radius 3 is 2.57 bits per heavy atom. The molecule has 0 saturated heterocycles. The van der Waals surface area contributed by atoms with Gasteiger partial charge in [-0.25, -0.2) is 17.9 Å². The summed E-state index contributed by atoms with van der Waals surface area (Å²) in [4.78, 5) is 0. The molecule has 0 aliphatic heterocycles. The number of benzene rings is 1. The van der Waals surface area contributed by atoms with Crippen LogP contribution in [-0.2, 0) is 6.54 Å². The van der Waals surface area contributed by atoms with Crippen molar-refractivity contribution in [2.45, 2.75) is 26.8 Å². The van der Waals surface area contributed by atoms with Gasteiger partial charge in [-0.05, 0) is 24.6 Å². The lowest BCUT2D eigenvalue weighted by molar-refractivity contribution is 0.141. The van der Waals surface area contributed by atoms with Crippen LogP contribution in [0.3, 0.4) is 0 Å². The molecule has 0 radical (unpaired) electrons. The fraction of sp³-hybridized carbons (Fsp3) is 0.400. The van der Waals surface area contributed by atoms with Crippen molar-refractivity contribution in [3.05, 3.63) is 47.5 Å². The summed E-state index contributed by atoms with van der Waals surface area (Å²) >= 11 is 0. The lowest BCUT2D eigenvalue weighted by Gasteiger charge is -2.11. The van der Waals surface area contributed by atoms with Crippen molar-refractivity contribution in [1.82, 2.24) is 15.1 Å². The molecule has 0 fully saturated rings. The molecule has 1 aromatic heterocycles. The fourth-order valence-corrected chi connectivity index (χ4v) is 2.07. The average molecular weight is 297 g/mol. The minimum absolute atomic E-state index is 0.0305. The normalized spacial score (nSPS) is 11.6. The lowest BCUT2D eigenvalue weighted by atomic mass is 10.2. The largest absolute Gasteiger partial charge is 0.312 e. The van der Waals surface area contributed by atoms with Crippen LogP contribution < -0.4 is 5.32 Å². The molecule has 0 aliphatic carbocycles. The van der Waals surface area contributed by atoms with E-state index in [2.05, 4.69) is 10.4 Å². The standard InChI is InChI=1S/C15H18F3N3/c1-10(2)7-19-8-11-9-20-21(14(11)15(17)18)13-6-4-3-5-12(13)16/h3-6,9-10,15,19H,7-8H2,1-2H3. The smallest absolute Gasteiger partial charge is 0.280 e. The molecule has 0 atom stereocenters. The monoisotopic (exact) mass is 297 g/mol. The Morgan fingerprint density at radius 1 is 1.24 bits per heavy atom. The van der Waals surface area contributed by atoms with E-state index in [1.165, 1.54) is 24.4 Å².